The lowest BCUT2D eigenvalue weighted by Gasteiger charge is -2.34. The van der Waals surface area contributed by atoms with Gasteiger partial charge in [0.2, 0.25) is 0 Å². The number of nitrogens with zero attached hydrogens (tertiary/aromatic N) is 2. The number of fused-ring (bicyclic) bond motifs is 1. The highest BCUT2D eigenvalue weighted by molar-refractivity contribution is 5.85. The summed E-state index contributed by atoms with van der Waals surface area (Å²) in [7, 11) is 0. The summed E-state index contributed by atoms with van der Waals surface area (Å²) in [5.74, 6) is 1.79. The minimum atomic E-state index is 0. The van der Waals surface area contributed by atoms with Gasteiger partial charge in [0, 0.05) is 30.8 Å². The van der Waals surface area contributed by atoms with Crippen LogP contribution in [0.3, 0.4) is 0 Å². The molecule has 1 N–H and O–H groups in total. The fourth-order valence-corrected chi connectivity index (χ4v) is 3.73. The van der Waals surface area contributed by atoms with Crippen molar-refractivity contribution in [3.8, 4) is 11.3 Å². The van der Waals surface area contributed by atoms with E-state index in [1.807, 2.05) is 0 Å². The van der Waals surface area contributed by atoms with E-state index in [9.17, 15) is 0 Å². The Morgan fingerprint density at radius 3 is 2.91 bits per heavy atom. The first-order chi connectivity index (χ1) is 10.8. The van der Waals surface area contributed by atoms with Gasteiger partial charge in [0.1, 0.15) is 5.69 Å². The second-order valence-electron chi connectivity index (χ2n) is 6.68. The van der Waals surface area contributed by atoms with Crippen molar-refractivity contribution in [2.45, 2.75) is 32.4 Å². The SMILES string of the molecule is Cc1ccc(-c2cc(CN3CCC4NCCC4C3)on2)cc1.Cl. The monoisotopic (exact) mass is 333 g/mol. The number of likely N-dealkylation sites (tertiary alicyclic amines) is 1. The third kappa shape index (κ3) is 3.60. The molecular formula is C18H24ClN3O. The molecule has 2 fully saturated rings. The van der Waals surface area contributed by atoms with Crippen molar-refractivity contribution in [2.24, 2.45) is 5.92 Å². The largest absolute Gasteiger partial charge is 0.359 e. The third-order valence-electron chi connectivity index (χ3n) is 5.03. The first-order valence-electron chi connectivity index (χ1n) is 8.26. The number of halogens is 1. The molecule has 0 radical (unpaired) electrons. The van der Waals surface area contributed by atoms with Crippen LogP contribution in [0.4, 0.5) is 0 Å². The fourth-order valence-electron chi connectivity index (χ4n) is 3.73. The second kappa shape index (κ2) is 7.04. The topological polar surface area (TPSA) is 41.3 Å². The van der Waals surface area contributed by atoms with Crippen LogP contribution in [0.1, 0.15) is 24.2 Å². The predicted molar refractivity (Wildman–Crippen MR) is 93.7 cm³/mol. The Bertz CT molecular complexity index is 640. The summed E-state index contributed by atoms with van der Waals surface area (Å²) in [4.78, 5) is 2.51. The average Bonchev–Trinajstić information content (AvgIpc) is 3.17. The lowest BCUT2D eigenvalue weighted by atomic mass is 9.93. The Balaban J connectivity index is 0.00000156. The van der Waals surface area contributed by atoms with Gasteiger partial charge in [0.15, 0.2) is 5.76 Å². The van der Waals surface area contributed by atoms with Crippen molar-refractivity contribution in [1.29, 1.82) is 0 Å². The van der Waals surface area contributed by atoms with E-state index in [0.29, 0.717) is 0 Å². The van der Waals surface area contributed by atoms with E-state index in [0.717, 1.165) is 42.1 Å². The Labute approximate surface area is 143 Å². The second-order valence-corrected chi connectivity index (χ2v) is 6.68. The summed E-state index contributed by atoms with van der Waals surface area (Å²) >= 11 is 0. The van der Waals surface area contributed by atoms with E-state index in [4.69, 9.17) is 4.52 Å². The van der Waals surface area contributed by atoms with Crippen LogP contribution >= 0.6 is 12.4 Å². The molecule has 0 bridgehead atoms. The molecule has 4 rings (SSSR count). The molecule has 23 heavy (non-hydrogen) atoms. The summed E-state index contributed by atoms with van der Waals surface area (Å²) in [5, 5.41) is 7.84. The smallest absolute Gasteiger partial charge is 0.151 e. The highest BCUT2D eigenvalue weighted by Gasteiger charge is 2.32. The Morgan fingerprint density at radius 1 is 1.26 bits per heavy atom. The molecule has 5 heteroatoms. The predicted octanol–water partition coefficient (Wildman–Crippen LogP) is 3.26. The van der Waals surface area contributed by atoms with Gasteiger partial charge in [-0.05, 0) is 32.2 Å². The summed E-state index contributed by atoms with van der Waals surface area (Å²) in [6.07, 6.45) is 2.57. The van der Waals surface area contributed by atoms with Crippen molar-refractivity contribution >= 4 is 12.4 Å². The highest BCUT2D eigenvalue weighted by atomic mass is 35.5. The lowest BCUT2D eigenvalue weighted by molar-refractivity contribution is 0.143. The van der Waals surface area contributed by atoms with E-state index >= 15 is 0 Å². The molecule has 2 aliphatic rings. The van der Waals surface area contributed by atoms with Gasteiger partial charge in [-0.25, -0.2) is 0 Å². The van der Waals surface area contributed by atoms with Gasteiger partial charge in [-0.2, -0.15) is 0 Å². The maximum atomic E-state index is 5.56. The quantitative estimate of drug-likeness (QED) is 0.936. The normalized spacial score (nSPS) is 24.2. The molecule has 2 unspecified atom stereocenters. The number of aromatic nitrogens is 1. The zero-order valence-electron chi connectivity index (χ0n) is 13.5. The average molecular weight is 334 g/mol. The summed E-state index contributed by atoms with van der Waals surface area (Å²) in [5.41, 5.74) is 3.33. The van der Waals surface area contributed by atoms with Crippen LogP contribution < -0.4 is 5.32 Å². The van der Waals surface area contributed by atoms with E-state index in [1.165, 1.54) is 31.5 Å². The van der Waals surface area contributed by atoms with Gasteiger partial charge < -0.3 is 9.84 Å². The lowest BCUT2D eigenvalue weighted by Crippen LogP contribution is -2.43. The van der Waals surface area contributed by atoms with Crippen LogP contribution in [-0.2, 0) is 6.54 Å². The first-order valence-corrected chi connectivity index (χ1v) is 8.26. The molecule has 124 valence electrons. The maximum absolute atomic E-state index is 5.56. The number of nitrogens with one attached hydrogen (secondary N) is 1. The van der Waals surface area contributed by atoms with Gasteiger partial charge in [0.25, 0.3) is 0 Å². The van der Waals surface area contributed by atoms with Crippen LogP contribution in [0.25, 0.3) is 11.3 Å². The van der Waals surface area contributed by atoms with Gasteiger partial charge in [0.05, 0.1) is 6.54 Å². The van der Waals surface area contributed by atoms with Crippen LogP contribution in [0.15, 0.2) is 34.9 Å². The number of rotatable bonds is 3. The summed E-state index contributed by atoms with van der Waals surface area (Å²) in [6.45, 7) is 6.48. The van der Waals surface area contributed by atoms with Crippen molar-refractivity contribution in [1.82, 2.24) is 15.4 Å². The molecule has 2 aliphatic heterocycles. The Hall–Kier alpha value is -1.36. The molecular weight excluding hydrogens is 310 g/mol. The van der Waals surface area contributed by atoms with Crippen molar-refractivity contribution in [3.63, 3.8) is 0 Å². The number of benzene rings is 1. The zero-order chi connectivity index (χ0) is 14.9. The standard InChI is InChI=1S/C18H23N3O.ClH/c1-13-2-4-14(5-3-13)18-10-16(22-20-18)12-21-9-7-17-15(11-21)6-8-19-17;/h2-5,10,15,17,19H,6-9,11-12H2,1H3;1H. The first kappa shape index (κ1) is 16.5. The molecule has 2 aromatic rings. The minimum Gasteiger partial charge on any atom is -0.359 e. The van der Waals surface area contributed by atoms with Crippen molar-refractivity contribution < 1.29 is 4.52 Å². The van der Waals surface area contributed by atoms with Gasteiger partial charge in [-0.15, -0.1) is 12.4 Å². The molecule has 0 spiro atoms. The molecule has 1 aromatic carbocycles. The van der Waals surface area contributed by atoms with Crippen LogP contribution in [-0.4, -0.2) is 35.7 Å². The van der Waals surface area contributed by atoms with Crippen molar-refractivity contribution in [3.05, 3.63) is 41.7 Å². The fraction of sp³-hybridized carbons (Fsp3) is 0.500. The highest BCUT2D eigenvalue weighted by Crippen LogP contribution is 2.26. The number of aryl methyl sites for hydroxylation is 1. The van der Waals surface area contributed by atoms with Gasteiger partial charge >= 0.3 is 0 Å². The van der Waals surface area contributed by atoms with Gasteiger partial charge in [-0.3, -0.25) is 4.90 Å². The zero-order valence-corrected chi connectivity index (χ0v) is 14.3. The molecule has 3 heterocycles. The van der Waals surface area contributed by atoms with E-state index in [1.54, 1.807) is 0 Å². The van der Waals surface area contributed by atoms with E-state index in [2.05, 4.69) is 52.6 Å². The van der Waals surface area contributed by atoms with E-state index < -0.39 is 0 Å². The molecule has 4 nitrogen and oxygen atoms in total. The van der Waals surface area contributed by atoms with Crippen molar-refractivity contribution in [2.75, 3.05) is 19.6 Å². The minimum absolute atomic E-state index is 0. The Kier molecular flexibility index (Phi) is 5.05. The summed E-state index contributed by atoms with van der Waals surface area (Å²) < 4.78 is 5.56. The van der Waals surface area contributed by atoms with E-state index in [-0.39, 0.29) is 12.4 Å². The van der Waals surface area contributed by atoms with Gasteiger partial charge in [-0.1, -0.05) is 35.0 Å². The summed E-state index contributed by atoms with van der Waals surface area (Å²) in [6, 6.07) is 11.3. The number of hydrogen-bond donors (Lipinski definition) is 1. The number of piperidine rings is 1. The molecule has 2 saturated heterocycles. The molecule has 1 aromatic heterocycles. The molecule has 0 aliphatic carbocycles. The molecule has 0 amide bonds. The third-order valence-corrected chi connectivity index (χ3v) is 5.03. The number of hydrogen-bond acceptors (Lipinski definition) is 4. The molecule has 0 saturated carbocycles. The van der Waals surface area contributed by atoms with Crippen LogP contribution in [0.5, 0.6) is 0 Å². The van der Waals surface area contributed by atoms with Crippen LogP contribution in [0, 0.1) is 12.8 Å². The maximum Gasteiger partial charge on any atom is 0.151 e. The Morgan fingerprint density at radius 2 is 2.09 bits per heavy atom. The molecule has 2 atom stereocenters. The van der Waals surface area contributed by atoms with Crippen LogP contribution in [0.2, 0.25) is 0 Å².